The Morgan fingerprint density at radius 1 is 1.27 bits per heavy atom. The van der Waals surface area contributed by atoms with Gasteiger partial charge >= 0.3 is 0 Å². The van der Waals surface area contributed by atoms with E-state index in [0.717, 1.165) is 38.2 Å². The van der Waals surface area contributed by atoms with E-state index in [-0.39, 0.29) is 24.0 Å². The standard InChI is InChI=1S/C20H33N3O2.HI/c1-4-21-20(23(2)12-9-17-10-13-25-14-11-17)22-15-18-7-5-6-8-19(18)16-24-3;/h5-8,17H,4,9-16H2,1-3H3,(H,21,22);1H. The number of halogens is 1. The highest BCUT2D eigenvalue weighted by Gasteiger charge is 2.15. The topological polar surface area (TPSA) is 46.1 Å². The summed E-state index contributed by atoms with van der Waals surface area (Å²) in [5, 5.41) is 3.41. The van der Waals surface area contributed by atoms with Gasteiger partial charge in [-0.15, -0.1) is 24.0 Å². The summed E-state index contributed by atoms with van der Waals surface area (Å²) in [6, 6.07) is 8.35. The maximum atomic E-state index is 5.45. The Morgan fingerprint density at radius 3 is 2.62 bits per heavy atom. The third-order valence-electron chi connectivity index (χ3n) is 4.73. The zero-order valence-electron chi connectivity index (χ0n) is 16.4. The molecule has 1 fully saturated rings. The lowest BCUT2D eigenvalue weighted by Gasteiger charge is -2.27. The summed E-state index contributed by atoms with van der Waals surface area (Å²) in [7, 11) is 3.86. The summed E-state index contributed by atoms with van der Waals surface area (Å²) >= 11 is 0. The lowest BCUT2D eigenvalue weighted by molar-refractivity contribution is 0.0625. The molecule has 6 heteroatoms. The van der Waals surface area contributed by atoms with E-state index in [1.54, 1.807) is 7.11 Å². The van der Waals surface area contributed by atoms with Crippen LogP contribution in [0.25, 0.3) is 0 Å². The first kappa shape index (κ1) is 23.2. The van der Waals surface area contributed by atoms with Crippen LogP contribution in [0.2, 0.25) is 0 Å². The van der Waals surface area contributed by atoms with Gasteiger partial charge in [0.15, 0.2) is 5.96 Å². The van der Waals surface area contributed by atoms with Gasteiger partial charge in [0.1, 0.15) is 0 Å². The number of methoxy groups -OCH3 is 1. The molecule has 1 aliphatic heterocycles. The summed E-state index contributed by atoms with van der Waals surface area (Å²) < 4.78 is 10.7. The minimum atomic E-state index is 0. The molecular weight excluding hydrogens is 441 g/mol. The Labute approximate surface area is 175 Å². The summed E-state index contributed by atoms with van der Waals surface area (Å²) in [5.41, 5.74) is 2.42. The third kappa shape index (κ3) is 7.80. The van der Waals surface area contributed by atoms with Crippen LogP contribution in [-0.2, 0) is 22.6 Å². The molecule has 1 heterocycles. The van der Waals surface area contributed by atoms with Gasteiger partial charge in [0.05, 0.1) is 13.2 Å². The molecule has 0 spiro atoms. The molecule has 2 rings (SSSR count). The van der Waals surface area contributed by atoms with Crippen LogP contribution in [0.15, 0.2) is 29.3 Å². The van der Waals surface area contributed by atoms with E-state index >= 15 is 0 Å². The Bertz CT molecular complexity index is 534. The van der Waals surface area contributed by atoms with Gasteiger partial charge < -0.3 is 19.7 Å². The van der Waals surface area contributed by atoms with Crippen molar-refractivity contribution in [1.29, 1.82) is 0 Å². The minimum absolute atomic E-state index is 0. The average molecular weight is 475 g/mol. The number of nitrogens with one attached hydrogen (secondary N) is 1. The average Bonchev–Trinajstić information content (AvgIpc) is 2.65. The van der Waals surface area contributed by atoms with Gasteiger partial charge in [-0.3, -0.25) is 0 Å². The molecule has 5 nitrogen and oxygen atoms in total. The van der Waals surface area contributed by atoms with Gasteiger partial charge in [-0.1, -0.05) is 24.3 Å². The lowest BCUT2D eigenvalue weighted by atomic mass is 9.96. The highest BCUT2D eigenvalue weighted by Crippen LogP contribution is 2.18. The second-order valence-corrected chi connectivity index (χ2v) is 6.64. The molecule has 1 aromatic rings. The van der Waals surface area contributed by atoms with Crippen molar-refractivity contribution in [3.63, 3.8) is 0 Å². The number of ether oxygens (including phenoxy) is 2. The molecule has 0 bridgehead atoms. The van der Waals surface area contributed by atoms with Crippen molar-refractivity contribution < 1.29 is 9.47 Å². The molecule has 1 aromatic carbocycles. The van der Waals surface area contributed by atoms with Crippen molar-refractivity contribution in [3.05, 3.63) is 35.4 Å². The van der Waals surface area contributed by atoms with Crippen LogP contribution in [0.5, 0.6) is 0 Å². The van der Waals surface area contributed by atoms with Crippen molar-refractivity contribution in [2.24, 2.45) is 10.9 Å². The zero-order chi connectivity index (χ0) is 17.9. The first-order chi connectivity index (χ1) is 12.2. The number of hydrogen-bond acceptors (Lipinski definition) is 3. The van der Waals surface area contributed by atoms with Crippen LogP contribution in [0, 0.1) is 5.92 Å². The largest absolute Gasteiger partial charge is 0.381 e. The Kier molecular flexibility index (Phi) is 11.9. The molecule has 0 aliphatic carbocycles. The molecule has 0 saturated carbocycles. The highest BCUT2D eigenvalue weighted by molar-refractivity contribution is 14.0. The van der Waals surface area contributed by atoms with Gasteiger partial charge in [-0.2, -0.15) is 0 Å². The molecule has 1 saturated heterocycles. The third-order valence-corrected chi connectivity index (χ3v) is 4.73. The summed E-state index contributed by atoms with van der Waals surface area (Å²) in [6.07, 6.45) is 3.57. The number of hydrogen-bond donors (Lipinski definition) is 1. The van der Waals surface area contributed by atoms with Crippen LogP contribution in [0.1, 0.15) is 37.3 Å². The molecule has 148 valence electrons. The quantitative estimate of drug-likeness (QED) is 0.354. The van der Waals surface area contributed by atoms with Crippen molar-refractivity contribution >= 4 is 29.9 Å². The van der Waals surface area contributed by atoms with Crippen molar-refractivity contribution in [3.8, 4) is 0 Å². The van der Waals surface area contributed by atoms with E-state index in [9.17, 15) is 0 Å². The van der Waals surface area contributed by atoms with Gasteiger partial charge in [0.2, 0.25) is 0 Å². The monoisotopic (exact) mass is 475 g/mol. The SMILES string of the molecule is CCNC(=NCc1ccccc1COC)N(C)CCC1CCOCC1.I. The van der Waals surface area contributed by atoms with E-state index in [1.165, 1.54) is 30.4 Å². The maximum Gasteiger partial charge on any atom is 0.193 e. The van der Waals surface area contributed by atoms with E-state index in [0.29, 0.717) is 13.2 Å². The number of aliphatic imine (C=N–C) groups is 1. The smallest absolute Gasteiger partial charge is 0.193 e. The number of benzene rings is 1. The second kappa shape index (κ2) is 13.3. The predicted molar refractivity (Wildman–Crippen MR) is 118 cm³/mol. The summed E-state index contributed by atoms with van der Waals surface area (Å²) in [5.74, 6) is 1.75. The molecule has 1 aliphatic rings. The van der Waals surface area contributed by atoms with Crippen molar-refractivity contribution in [2.45, 2.75) is 39.3 Å². The molecule has 26 heavy (non-hydrogen) atoms. The van der Waals surface area contributed by atoms with E-state index in [2.05, 4.69) is 42.4 Å². The fourth-order valence-electron chi connectivity index (χ4n) is 3.15. The van der Waals surface area contributed by atoms with Gasteiger partial charge in [-0.25, -0.2) is 4.99 Å². The summed E-state index contributed by atoms with van der Waals surface area (Å²) in [6.45, 7) is 7.14. The Hall–Kier alpha value is -0.860. The first-order valence-electron chi connectivity index (χ1n) is 9.37. The highest BCUT2D eigenvalue weighted by atomic mass is 127. The zero-order valence-corrected chi connectivity index (χ0v) is 18.7. The first-order valence-corrected chi connectivity index (χ1v) is 9.37. The number of rotatable bonds is 8. The van der Waals surface area contributed by atoms with Crippen molar-refractivity contribution in [2.75, 3.05) is 40.5 Å². The predicted octanol–water partition coefficient (Wildman–Crippen LogP) is 3.67. The van der Waals surface area contributed by atoms with Crippen LogP contribution < -0.4 is 5.32 Å². The van der Waals surface area contributed by atoms with E-state index < -0.39 is 0 Å². The lowest BCUT2D eigenvalue weighted by Crippen LogP contribution is -2.40. The Morgan fingerprint density at radius 2 is 1.96 bits per heavy atom. The second-order valence-electron chi connectivity index (χ2n) is 6.64. The van der Waals surface area contributed by atoms with Crippen LogP contribution >= 0.6 is 24.0 Å². The normalized spacial score (nSPS) is 15.4. The summed E-state index contributed by atoms with van der Waals surface area (Å²) in [4.78, 5) is 7.09. The number of guanidine groups is 1. The number of nitrogens with zero attached hydrogens (tertiary/aromatic N) is 2. The van der Waals surface area contributed by atoms with Gasteiger partial charge in [0, 0.05) is 40.5 Å². The fourth-order valence-corrected chi connectivity index (χ4v) is 3.15. The minimum Gasteiger partial charge on any atom is -0.381 e. The van der Waals surface area contributed by atoms with Crippen LogP contribution in [-0.4, -0.2) is 51.3 Å². The maximum absolute atomic E-state index is 5.45. The van der Waals surface area contributed by atoms with Crippen molar-refractivity contribution in [1.82, 2.24) is 10.2 Å². The molecule has 0 radical (unpaired) electrons. The van der Waals surface area contributed by atoms with Crippen LogP contribution in [0.3, 0.4) is 0 Å². The molecular formula is C20H34IN3O2. The fraction of sp³-hybridized carbons (Fsp3) is 0.650. The Balaban J connectivity index is 0.00000338. The van der Waals surface area contributed by atoms with Crippen LogP contribution in [0.4, 0.5) is 0 Å². The molecule has 0 aromatic heterocycles. The molecule has 0 amide bonds. The molecule has 1 N–H and O–H groups in total. The van der Waals surface area contributed by atoms with Gasteiger partial charge in [-0.05, 0) is 43.2 Å². The molecule has 0 atom stereocenters. The van der Waals surface area contributed by atoms with E-state index in [1.807, 2.05) is 6.07 Å². The van der Waals surface area contributed by atoms with Gasteiger partial charge in [0.25, 0.3) is 0 Å². The molecule has 0 unspecified atom stereocenters. The van der Waals surface area contributed by atoms with E-state index in [4.69, 9.17) is 14.5 Å².